The second-order valence-corrected chi connectivity index (χ2v) is 6.26. The summed E-state index contributed by atoms with van der Waals surface area (Å²) in [4.78, 5) is 22.5. The average molecular weight is 329 g/mol. The summed E-state index contributed by atoms with van der Waals surface area (Å²) < 4.78 is 0. The van der Waals surface area contributed by atoms with Gasteiger partial charge in [-0.2, -0.15) is 0 Å². The van der Waals surface area contributed by atoms with E-state index in [-0.39, 0.29) is 18.9 Å². The van der Waals surface area contributed by atoms with Crippen LogP contribution in [0, 0.1) is 0 Å². The normalized spacial score (nSPS) is 12.1. The molecule has 136 valence electrons. The number of amides is 1. The van der Waals surface area contributed by atoms with Gasteiger partial charge in [0, 0.05) is 19.4 Å². The number of aliphatic hydroxyl groups is 1. The van der Waals surface area contributed by atoms with Gasteiger partial charge in [-0.3, -0.25) is 4.79 Å². The molecule has 0 radical (unpaired) electrons. The lowest BCUT2D eigenvalue weighted by molar-refractivity contribution is -0.142. The molecule has 0 aromatic carbocycles. The van der Waals surface area contributed by atoms with Crippen LogP contribution in [0.4, 0.5) is 0 Å². The Labute approximate surface area is 140 Å². The smallest absolute Gasteiger partial charge is 0.326 e. The van der Waals surface area contributed by atoms with Crippen LogP contribution < -0.4 is 5.32 Å². The van der Waals surface area contributed by atoms with Crippen LogP contribution in [0.3, 0.4) is 0 Å². The van der Waals surface area contributed by atoms with Gasteiger partial charge in [0.05, 0.1) is 0 Å². The number of nitrogens with one attached hydrogen (secondary N) is 1. The number of carbonyl (C=O) groups excluding carboxylic acids is 1. The molecule has 0 spiro atoms. The van der Waals surface area contributed by atoms with E-state index in [0.29, 0.717) is 6.42 Å². The van der Waals surface area contributed by atoms with Gasteiger partial charge in [-0.25, -0.2) is 4.79 Å². The molecule has 0 heterocycles. The van der Waals surface area contributed by atoms with Crippen LogP contribution in [0.5, 0.6) is 0 Å². The average Bonchev–Trinajstić information content (AvgIpc) is 2.52. The van der Waals surface area contributed by atoms with Crippen LogP contribution in [-0.2, 0) is 9.59 Å². The molecule has 0 aliphatic heterocycles. The molecule has 23 heavy (non-hydrogen) atoms. The Kier molecular flexibility index (Phi) is 15.0. The van der Waals surface area contributed by atoms with Crippen molar-refractivity contribution < 1.29 is 19.8 Å². The van der Waals surface area contributed by atoms with Crippen LogP contribution in [-0.4, -0.2) is 34.7 Å². The molecule has 3 N–H and O–H groups in total. The largest absolute Gasteiger partial charge is 0.480 e. The van der Waals surface area contributed by atoms with Gasteiger partial charge in [0.2, 0.25) is 5.91 Å². The Balaban J connectivity index is 3.43. The standard InChI is InChI=1S/C18H35NO4/c1-2-3-4-5-6-7-8-9-10-11-12-13-17(21)19-16(14-15-20)18(22)23/h16,20H,2-15H2,1H3,(H,19,21)(H,22,23). The van der Waals surface area contributed by atoms with Gasteiger partial charge in [-0.1, -0.05) is 71.1 Å². The summed E-state index contributed by atoms with van der Waals surface area (Å²) in [5, 5.41) is 20.1. The van der Waals surface area contributed by atoms with E-state index in [9.17, 15) is 9.59 Å². The molecule has 0 saturated carbocycles. The summed E-state index contributed by atoms with van der Waals surface area (Å²) in [7, 11) is 0. The first-order chi connectivity index (χ1) is 11.1. The Hall–Kier alpha value is -1.10. The van der Waals surface area contributed by atoms with E-state index >= 15 is 0 Å². The summed E-state index contributed by atoms with van der Waals surface area (Å²) >= 11 is 0. The van der Waals surface area contributed by atoms with E-state index < -0.39 is 12.0 Å². The molecule has 0 aromatic heterocycles. The highest BCUT2D eigenvalue weighted by Gasteiger charge is 2.18. The minimum absolute atomic E-state index is 0.0549. The molecule has 1 amide bonds. The number of carbonyl (C=O) groups is 2. The second kappa shape index (κ2) is 15.8. The number of rotatable bonds is 16. The fourth-order valence-corrected chi connectivity index (χ4v) is 2.60. The minimum atomic E-state index is -1.09. The van der Waals surface area contributed by atoms with Crippen molar-refractivity contribution in [1.29, 1.82) is 0 Å². The molecule has 0 aliphatic rings. The number of hydrogen-bond acceptors (Lipinski definition) is 3. The summed E-state index contributed by atoms with van der Waals surface area (Å²) in [6.45, 7) is 1.99. The fraction of sp³-hybridized carbons (Fsp3) is 0.889. The van der Waals surface area contributed by atoms with Crippen molar-refractivity contribution in [2.24, 2.45) is 0 Å². The maximum atomic E-state index is 11.6. The van der Waals surface area contributed by atoms with E-state index in [1.165, 1.54) is 51.4 Å². The topological polar surface area (TPSA) is 86.6 Å². The molecule has 0 saturated heterocycles. The first-order valence-electron chi connectivity index (χ1n) is 9.24. The zero-order valence-corrected chi connectivity index (χ0v) is 14.7. The lowest BCUT2D eigenvalue weighted by Gasteiger charge is -2.12. The van der Waals surface area contributed by atoms with Crippen LogP contribution >= 0.6 is 0 Å². The van der Waals surface area contributed by atoms with Crippen molar-refractivity contribution in [2.45, 2.75) is 96.4 Å². The Morgan fingerprint density at radius 1 is 0.870 bits per heavy atom. The van der Waals surface area contributed by atoms with E-state index in [1.807, 2.05) is 0 Å². The second-order valence-electron chi connectivity index (χ2n) is 6.26. The van der Waals surface area contributed by atoms with Crippen molar-refractivity contribution >= 4 is 11.9 Å². The highest BCUT2D eigenvalue weighted by Crippen LogP contribution is 2.11. The van der Waals surface area contributed by atoms with E-state index in [0.717, 1.165) is 19.3 Å². The third-order valence-electron chi connectivity index (χ3n) is 4.06. The maximum Gasteiger partial charge on any atom is 0.326 e. The zero-order chi connectivity index (χ0) is 17.3. The van der Waals surface area contributed by atoms with Crippen LogP contribution in [0.1, 0.15) is 90.4 Å². The molecular weight excluding hydrogens is 294 g/mol. The predicted molar refractivity (Wildman–Crippen MR) is 92.3 cm³/mol. The highest BCUT2D eigenvalue weighted by atomic mass is 16.4. The number of carboxylic acids is 1. The van der Waals surface area contributed by atoms with Crippen molar-refractivity contribution in [2.75, 3.05) is 6.61 Å². The summed E-state index contributed by atoms with van der Waals surface area (Å²) in [6.07, 6.45) is 13.9. The van der Waals surface area contributed by atoms with Crippen molar-refractivity contribution in [3.63, 3.8) is 0 Å². The van der Waals surface area contributed by atoms with E-state index in [4.69, 9.17) is 10.2 Å². The van der Waals surface area contributed by atoms with E-state index in [1.54, 1.807) is 0 Å². The molecular formula is C18H35NO4. The summed E-state index contributed by atoms with van der Waals surface area (Å²) in [6, 6.07) is -0.972. The summed E-state index contributed by atoms with van der Waals surface area (Å²) in [5.41, 5.74) is 0. The fourth-order valence-electron chi connectivity index (χ4n) is 2.60. The Bertz CT molecular complexity index is 307. The van der Waals surface area contributed by atoms with Gasteiger partial charge < -0.3 is 15.5 Å². The lowest BCUT2D eigenvalue weighted by atomic mass is 10.1. The molecule has 1 atom stereocenters. The maximum absolute atomic E-state index is 11.6. The third kappa shape index (κ3) is 14.2. The van der Waals surface area contributed by atoms with E-state index in [2.05, 4.69) is 12.2 Å². The first-order valence-corrected chi connectivity index (χ1v) is 9.24. The zero-order valence-electron chi connectivity index (χ0n) is 14.7. The lowest BCUT2D eigenvalue weighted by Crippen LogP contribution is -2.41. The predicted octanol–water partition coefficient (Wildman–Crippen LogP) is 3.64. The molecule has 5 nitrogen and oxygen atoms in total. The molecule has 0 rings (SSSR count). The highest BCUT2D eigenvalue weighted by molar-refractivity contribution is 5.83. The van der Waals surface area contributed by atoms with Gasteiger partial charge >= 0.3 is 5.97 Å². The van der Waals surface area contributed by atoms with Crippen LogP contribution in [0.15, 0.2) is 0 Å². The molecule has 0 fully saturated rings. The minimum Gasteiger partial charge on any atom is -0.480 e. The van der Waals surface area contributed by atoms with Gasteiger partial charge in [-0.15, -0.1) is 0 Å². The molecule has 0 aromatic rings. The Morgan fingerprint density at radius 3 is 1.78 bits per heavy atom. The number of aliphatic hydroxyl groups excluding tert-OH is 1. The number of unbranched alkanes of at least 4 members (excludes halogenated alkanes) is 10. The summed E-state index contributed by atoms with van der Waals surface area (Å²) in [5.74, 6) is -1.33. The van der Waals surface area contributed by atoms with Gasteiger partial charge in [0.1, 0.15) is 6.04 Å². The quantitative estimate of drug-likeness (QED) is 0.377. The first kappa shape index (κ1) is 21.9. The molecule has 0 aliphatic carbocycles. The van der Waals surface area contributed by atoms with Crippen molar-refractivity contribution in [3.05, 3.63) is 0 Å². The van der Waals surface area contributed by atoms with Crippen LogP contribution in [0.2, 0.25) is 0 Å². The third-order valence-corrected chi connectivity index (χ3v) is 4.06. The van der Waals surface area contributed by atoms with Crippen molar-refractivity contribution in [3.8, 4) is 0 Å². The van der Waals surface area contributed by atoms with Crippen LogP contribution in [0.25, 0.3) is 0 Å². The number of hydrogen-bond donors (Lipinski definition) is 3. The number of carboxylic acid groups (broad SMARTS) is 1. The van der Waals surface area contributed by atoms with Gasteiger partial charge in [-0.05, 0) is 6.42 Å². The van der Waals surface area contributed by atoms with Crippen molar-refractivity contribution in [1.82, 2.24) is 5.32 Å². The number of aliphatic carboxylic acids is 1. The Morgan fingerprint density at radius 2 is 1.35 bits per heavy atom. The SMILES string of the molecule is CCCCCCCCCCCCCC(=O)NC(CCO)C(=O)O. The van der Waals surface area contributed by atoms with Gasteiger partial charge in [0.15, 0.2) is 0 Å². The van der Waals surface area contributed by atoms with Gasteiger partial charge in [0.25, 0.3) is 0 Å². The molecule has 5 heteroatoms. The monoisotopic (exact) mass is 329 g/mol. The molecule has 0 bridgehead atoms. The molecule has 1 unspecified atom stereocenters.